The van der Waals surface area contributed by atoms with E-state index >= 15 is 0 Å². The third kappa shape index (κ3) is 3.19. The van der Waals surface area contributed by atoms with Crippen LogP contribution in [0.25, 0.3) is 0 Å². The predicted molar refractivity (Wildman–Crippen MR) is 72.6 cm³/mol. The van der Waals surface area contributed by atoms with E-state index in [0.29, 0.717) is 5.13 Å². The summed E-state index contributed by atoms with van der Waals surface area (Å²) < 4.78 is 0. The van der Waals surface area contributed by atoms with E-state index in [1.54, 1.807) is 30.1 Å². The largest absolute Gasteiger partial charge is 0.300 e. The zero-order chi connectivity index (χ0) is 13.0. The summed E-state index contributed by atoms with van der Waals surface area (Å²) in [6.07, 6.45) is 1.76. The van der Waals surface area contributed by atoms with Crippen LogP contribution in [0.2, 0.25) is 0 Å². The van der Waals surface area contributed by atoms with E-state index in [9.17, 15) is 10.1 Å². The molecule has 1 aromatic heterocycles. The van der Waals surface area contributed by atoms with Gasteiger partial charge in [-0.25, -0.2) is 10.8 Å². The molecular formula is C10H10N4O2S2. The highest BCUT2D eigenvalue weighted by Crippen LogP contribution is 2.28. The second-order valence-electron chi connectivity index (χ2n) is 3.32. The minimum atomic E-state index is -0.406. The predicted octanol–water partition coefficient (Wildman–Crippen LogP) is 2.63. The van der Waals surface area contributed by atoms with Gasteiger partial charge in [0.2, 0.25) is 0 Å². The number of thiazole rings is 1. The van der Waals surface area contributed by atoms with Crippen molar-refractivity contribution >= 4 is 33.9 Å². The van der Waals surface area contributed by atoms with Gasteiger partial charge in [0.05, 0.1) is 4.92 Å². The standard InChI is InChI=1S/C10H10N4O2S2/c11-13-10-12-5-9(18-10)6-17-8-3-1-7(2-4-8)14(15)16/h1-5H,6,11H2,(H,12,13). The lowest BCUT2D eigenvalue weighted by atomic mass is 10.3. The van der Waals surface area contributed by atoms with Crippen molar-refractivity contribution in [1.29, 1.82) is 0 Å². The van der Waals surface area contributed by atoms with Gasteiger partial charge in [-0.15, -0.1) is 23.1 Å². The van der Waals surface area contributed by atoms with Gasteiger partial charge in [0.25, 0.3) is 5.69 Å². The van der Waals surface area contributed by atoms with Gasteiger partial charge in [-0.3, -0.25) is 15.5 Å². The van der Waals surface area contributed by atoms with E-state index in [1.807, 2.05) is 0 Å². The Balaban J connectivity index is 1.95. The van der Waals surface area contributed by atoms with Crippen molar-refractivity contribution in [3.05, 3.63) is 45.5 Å². The summed E-state index contributed by atoms with van der Waals surface area (Å²) in [5, 5.41) is 11.2. The van der Waals surface area contributed by atoms with Crippen LogP contribution in [0.15, 0.2) is 35.4 Å². The Bertz CT molecular complexity index is 541. The lowest BCUT2D eigenvalue weighted by molar-refractivity contribution is -0.384. The van der Waals surface area contributed by atoms with Crippen molar-refractivity contribution in [3.63, 3.8) is 0 Å². The molecule has 0 bridgehead atoms. The summed E-state index contributed by atoms with van der Waals surface area (Å²) in [5.41, 5.74) is 2.59. The number of hydrogen-bond acceptors (Lipinski definition) is 7. The molecule has 0 aliphatic rings. The third-order valence-electron chi connectivity index (χ3n) is 2.11. The molecule has 0 fully saturated rings. The number of thioether (sulfide) groups is 1. The fourth-order valence-electron chi connectivity index (χ4n) is 1.26. The van der Waals surface area contributed by atoms with E-state index in [4.69, 9.17) is 5.84 Å². The SMILES string of the molecule is NNc1ncc(CSc2ccc([N+](=O)[O-])cc2)s1. The highest BCUT2D eigenvalue weighted by Gasteiger charge is 2.05. The Morgan fingerprint density at radius 2 is 2.17 bits per heavy atom. The summed E-state index contributed by atoms with van der Waals surface area (Å²) in [4.78, 5) is 16.2. The molecule has 0 radical (unpaired) electrons. The number of hydrogen-bond donors (Lipinski definition) is 2. The number of nitrogens with two attached hydrogens (primary N) is 1. The zero-order valence-corrected chi connectivity index (χ0v) is 10.8. The lowest BCUT2D eigenvalue weighted by Gasteiger charge is -1.98. The molecule has 2 rings (SSSR count). The highest BCUT2D eigenvalue weighted by atomic mass is 32.2. The molecule has 1 heterocycles. The van der Waals surface area contributed by atoms with Gasteiger partial charge in [-0.1, -0.05) is 0 Å². The Morgan fingerprint density at radius 1 is 1.44 bits per heavy atom. The number of nitrogen functional groups attached to an aromatic ring is 1. The van der Waals surface area contributed by atoms with Crippen LogP contribution in [0, 0.1) is 10.1 Å². The zero-order valence-electron chi connectivity index (χ0n) is 9.20. The summed E-state index contributed by atoms with van der Waals surface area (Å²) in [5.74, 6) is 6.00. The molecule has 94 valence electrons. The van der Waals surface area contributed by atoms with Crippen molar-refractivity contribution in [3.8, 4) is 0 Å². The molecule has 2 aromatic rings. The van der Waals surface area contributed by atoms with E-state index < -0.39 is 4.92 Å². The number of aromatic nitrogens is 1. The molecule has 0 saturated carbocycles. The summed E-state index contributed by atoms with van der Waals surface area (Å²) >= 11 is 3.08. The Hall–Kier alpha value is -1.64. The van der Waals surface area contributed by atoms with Gasteiger partial charge in [-0.05, 0) is 12.1 Å². The van der Waals surface area contributed by atoms with Gasteiger partial charge >= 0.3 is 0 Å². The second kappa shape index (κ2) is 5.80. The molecule has 18 heavy (non-hydrogen) atoms. The fourth-order valence-corrected chi connectivity index (χ4v) is 2.90. The summed E-state index contributed by atoms with van der Waals surface area (Å²) in [7, 11) is 0. The Morgan fingerprint density at radius 3 is 2.72 bits per heavy atom. The van der Waals surface area contributed by atoms with Crippen LogP contribution < -0.4 is 11.3 Å². The molecule has 0 spiro atoms. The third-order valence-corrected chi connectivity index (χ3v) is 4.28. The number of nitro benzene ring substituents is 1. The number of benzene rings is 1. The molecule has 0 aliphatic carbocycles. The van der Waals surface area contributed by atoms with Crippen LogP contribution in [-0.2, 0) is 5.75 Å². The minimum Gasteiger partial charge on any atom is -0.300 e. The quantitative estimate of drug-likeness (QED) is 0.379. The maximum Gasteiger partial charge on any atom is 0.269 e. The molecule has 1 aromatic carbocycles. The van der Waals surface area contributed by atoms with Crippen LogP contribution in [0.3, 0.4) is 0 Å². The number of non-ortho nitro benzene ring substituents is 1. The molecule has 0 saturated heterocycles. The van der Waals surface area contributed by atoms with E-state index in [1.165, 1.54) is 23.5 Å². The first-order valence-corrected chi connectivity index (χ1v) is 6.78. The first-order chi connectivity index (χ1) is 8.69. The molecule has 0 unspecified atom stereocenters. The number of anilines is 1. The van der Waals surface area contributed by atoms with E-state index in [-0.39, 0.29) is 5.69 Å². The van der Waals surface area contributed by atoms with Crippen LogP contribution in [0.4, 0.5) is 10.8 Å². The van der Waals surface area contributed by atoms with Crippen molar-refractivity contribution in [2.75, 3.05) is 5.43 Å². The average molecular weight is 282 g/mol. The molecule has 0 aliphatic heterocycles. The summed E-state index contributed by atoms with van der Waals surface area (Å²) in [6.45, 7) is 0. The topological polar surface area (TPSA) is 94.1 Å². The van der Waals surface area contributed by atoms with Gasteiger partial charge in [0, 0.05) is 33.9 Å². The van der Waals surface area contributed by atoms with Crippen molar-refractivity contribution in [2.45, 2.75) is 10.6 Å². The average Bonchev–Trinajstić information content (AvgIpc) is 2.85. The minimum absolute atomic E-state index is 0.103. The molecule has 8 heteroatoms. The van der Waals surface area contributed by atoms with E-state index in [2.05, 4.69) is 10.4 Å². The fraction of sp³-hybridized carbons (Fsp3) is 0.100. The van der Waals surface area contributed by atoms with Crippen molar-refractivity contribution in [2.24, 2.45) is 5.84 Å². The van der Waals surface area contributed by atoms with Crippen LogP contribution >= 0.6 is 23.1 Å². The number of nitrogens with one attached hydrogen (secondary N) is 1. The van der Waals surface area contributed by atoms with Crippen LogP contribution in [0.1, 0.15) is 4.88 Å². The Labute approximate surface area is 111 Å². The molecule has 6 nitrogen and oxygen atoms in total. The van der Waals surface area contributed by atoms with Crippen LogP contribution in [0.5, 0.6) is 0 Å². The second-order valence-corrected chi connectivity index (χ2v) is 5.48. The van der Waals surface area contributed by atoms with Gasteiger partial charge < -0.3 is 0 Å². The maximum absolute atomic E-state index is 10.5. The lowest BCUT2D eigenvalue weighted by Crippen LogP contribution is -2.05. The first kappa shape index (κ1) is 12.8. The summed E-state index contributed by atoms with van der Waals surface area (Å²) in [6, 6.07) is 6.49. The number of hydrazine groups is 1. The molecule has 0 atom stereocenters. The van der Waals surface area contributed by atoms with Crippen molar-refractivity contribution < 1.29 is 4.92 Å². The molecular weight excluding hydrogens is 272 g/mol. The van der Waals surface area contributed by atoms with Crippen molar-refractivity contribution in [1.82, 2.24) is 4.98 Å². The van der Waals surface area contributed by atoms with Gasteiger partial charge in [0.1, 0.15) is 0 Å². The van der Waals surface area contributed by atoms with E-state index in [0.717, 1.165) is 15.5 Å². The highest BCUT2D eigenvalue weighted by molar-refractivity contribution is 7.98. The smallest absolute Gasteiger partial charge is 0.269 e. The van der Waals surface area contributed by atoms with Crippen LogP contribution in [-0.4, -0.2) is 9.91 Å². The monoisotopic (exact) mass is 282 g/mol. The normalized spacial score (nSPS) is 10.3. The first-order valence-electron chi connectivity index (χ1n) is 4.97. The number of rotatable bonds is 5. The molecule has 0 amide bonds. The Kier molecular flexibility index (Phi) is 4.13. The number of nitro groups is 1. The number of nitrogens with zero attached hydrogens (tertiary/aromatic N) is 2. The van der Waals surface area contributed by atoms with Gasteiger partial charge in [-0.2, -0.15) is 0 Å². The van der Waals surface area contributed by atoms with Gasteiger partial charge in [0.15, 0.2) is 5.13 Å². The molecule has 3 N–H and O–H groups in total. The maximum atomic E-state index is 10.5.